The molecule has 0 aliphatic heterocycles. The van der Waals surface area contributed by atoms with Crippen LogP contribution in [0.3, 0.4) is 0 Å². The lowest BCUT2D eigenvalue weighted by Crippen LogP contribution is -2.53. The molecule has 11 heteroatoms. The van der Waals surface area contributed by atoms with Crippen molar-refractivity contribution in [1.82, 2.24) is 10.2 Å². The Labute approximate surface area is 273 Å². The third-order valence-corrected chi connectivity index (χ3v) is 9.40. The number of halogens is 3. The van der Waals surface area contributed by atoms with E-state index in [4.69, 9.17) is 23.2 Å². The Hall–Kier alpha value is -3.92. The summed E-state index contributed by atoms with van der Waals surface area (Å²) in [5, 5.41) is 3.57. The molecule has 4 aromatic carbocycles. The largest absolute Gasteiger partial charge is 0.354 e. The van der Waals surface area contributed by atoms with Gasteiger partial charge in [-0.15, -0.1) is 0 Å². The minimum Gasteiger partial charge on any atom is -0.354 e. The normalized spacial score (nSPS) is 12.0. The molecule has 2 amide bonds. The second-order valence-electron chi connectivity index (χ2n) is 10.9. The molecule has 0 aliphatic rings. The number of benzene rings is 4. The molecule has 4 aromatic rings. The molecule has 0 aliphatic carbocycles. The molecule has 1 atom stereocenters. The van der Waals surface area contributed by atoms with Gasteiger partial charge in [0.1, 0.15) is 18.4 Å². The van der Waals surface area contributed by atoms with E-state index in [2.05, 4.69) is 5.32 Å². The molecule has 0 aromatic heterocycles. The van der Waals surface area contributed by atoms with Gasteiger partial charge in [0.05, 0.1) is 10.6 Å². The van der Waals surface area contributed by atoms with Gasteiger partial charge in [-0.3, -0.25) is 13.9 Å². The molecular formula is C34H34Cl2FN3O4S. The van der Waals surface area contributed by atoms with Crippen molar-refractivity contribution in [3.8, 4) is 0 Å². The topological polar surface area (TPSA) is 86.8 Å². The van der Waals surface area contributed by atoms with Crippen LogP contribution < -0.4 is 9.62 Å². The fraction of sp³-hybridized carbons (Fsp3) is 0.235. The molecule has 0 spiro atoms. The van der Waals surface area contributed by atoms with Gasteiger partial charge in [-0.1, -0.05) is 104 Å². The minimum atomic E-state index is -4.42. The van der Waals surface area contributed by atoms with Crippen molar-refractivity contribution in [3.05, 3.63) is 130 Å². The number of carbonyl (C=O) groups excluding carboxylic acids is 2. The van der Waals surface area contributed by atoms with Crippen molar-refractivity contribution >= 4 is 50.7 Å². The van der Waals surface area contributed by atoms with Crippen molar-refractivity contribution in [2.24, 2.45) is 5.92 Å². The molecule has 0 bridgehead atoms. The molecule has 45 heavy (non-hydrogen) atoms. The van der Waals surface area contributed by atoms with E-state index < -0.39 is 40.2 Å². The SMILES string of the molecule is CC(C)CNC(=O)[C@@H](Cc1ccccc1)N(Cc1ccc(Cl)cc1Cl)C(=O)CN(c1ccccc1F)S(=O)(=O)c1ccccc1. The van der Waals surface area contributed by atoms with Crippen LogP contribution >= 0.6 is 23.2 Å². The highest BCUT2D eigenvalue weighted by Gasteiger charge is 2.35. The summed E-state index contributed by atoms with van der Waals surface area (Å²) in [5.41, 5.74) is 0.973. The molecule has 0 saturated heterocycles. The summed E-state index contributed by atoms with van der Waals surface area (Å²) in [5.74, 6) is -1.85. The average Bonchev–Trinajstić information content (AvgIpc) is 3.02. The van der Waals surface area contributed by atoms with Crippen LogP contribution in [0.1, 0.15) is 25.0 Å². The van der Waals surface area contributed by atoms with Crippen LogP contribution in [0.5, 0.6) is 0 Å². The van der Waals surface area contributed by atoms with Crippen LogP contribution in [-0.4, -0.2) is 44.3 Å². The lowest BCUT2D eigenvalue weighted by Gasteiger charge is -2.34. The van der Waals surface area contributed by atoms with Crippen LogP contribution in [0.15, 0.2) is 108 Å². The van der Waals surface area contributed by atoms with E-state index in [0.29, 0.717) is 17.1 Å². The lowest BCUT2D eigenvalue weighted by molar-refractivity contribution is -0.140. The summed E-state index contributed by atoms with van der Waals surface area (Å²) in [6, 6.07) is 25.7. The van der Waals surface area contributed by atoms with E-state index in [0.717, 1.165) is 15.9 Å². The van der Waals surface area contributed by atoms with Crippen molar-refractivity contribution in [1.29, 1.82) is 0 Å². The Balaban J connectivity index is 1.82. The fourth-order valence-electron chi connectivity index (χ4n) is 4.70. The maximum Gasteiger partial charge on any atom is 0.264 e. The zero-order chi connectivity index (χ0) is 32.6. The summed E-state index contributed by atoms with van der Waals surface area (Å²) in [6.45, 7) is 3.33. The number of amides is 2. The molecule has 0 radical (unpaired) electrons. The van der Waals surface area contributed by atoms with Gasteiger partial charge in [-0.25, -0.2) is 12.8 Å². The number of nitrogens with one attached hydrogen (secondary N) is 1. The van der Waals surface area contributed by atoms with E-state index in [1.165, 1.54) is 53.4 Å². The molecule has 0 saturated carbocycles. The van der Waals surface area contributed by atoms with Gasteiger partial charge in [-0.05, 0) is 53.4 Å². The monoisotopic (exact) mass is 669 g/mol. The smallest absolute Gasteiger partial charge is 0.264 e. The van der Waals surface area contributed by atoms with E-state index in [9.17, 15) is 18.0 Å². The highest BCUT2D eigenvalue weighted by atomic mass is 35.5. The van der Waals surface area contributed by atoms with Gasteiger partial charge in [0, 0.05) is 29.6 Å². The maximum absolute atomic E-state index is 15.2. The van der Waals surface area contributed by atoms with Gasteiger partial charge in [0.15, 0.2) is 0 Å². The number of hydrogen-bond donors (Lipinski definition) is 1. The Morgan fingerprint density at radius 2 is 1.49 bits per heavy atom. The summed E-state index contributed by atoms with van der Waals surface area (Å²) in [7, 11) is -4.42. The first-order valence-corrected chi connectivity index (χ1v) is 16.5. The Bertz CT molecular complexity index is 1720. The van der Waals surface area contributed by atoms with Gasteiger partial charge in [0.2, 0.25) is 11.8 Å². The summed E-state index contributed by atoms with van der Waals surface area (Å²) >= 11 is 12.7. The quantitative estimate of drug-likeness (QED) is 0.171. The minimum absolute atomic E-state index is 0.121. The summed E-state index contributed by atoms with van der Waals surface area (Å²) in [6.07, 6.45) is 0.132. The molecule has 7 nitrogen and oxygen atoms in total. The van der Waals surface area contributed by atoms with E-state index in [1.54, 1.807) is 18.2 Å². The standard InChI is InChI=1S/C34H34Cl2FN3O4S/c1-24(2)21-38-34(42)32(19-25-11-5-3-6-12-25)39(22-26-17-18-27(35)20-29(26)36)33(41)23-40(31-16-10-9-15-30(31)37)45(43,44)28-13-7-4-8-14-28/h3-18,20,24,32H,19,21-23H2,1-2H3,(H,38,42)/t32-/m1/s1. The highest BCUT2D eigenvalue weighted by Crippen LogP contribution is 2.28. The number of nitrogens with zero attached hydrogens (tertiary/aromatic N) is 2. The summed E-state index contributed by atoms with van der Waals surface area (Å²) < 4.78 is 43.8. The summed E-state index contributed by atoms with van der Waals surface area (Å²) in [4.78, 5) is 29.4. The fourth-order valence-corrected chi connectivity index (χ4v) is 6.61. The molecule has 0 fully saturated rings. The van der Waals surface area contributed by atoms with Crippen LogP contribution in [0, 0.1) is 11.7 Å². The number of rotatable bonds is 13. The van der Waals surface area contributed by atoms with Crippen LogP contribution in [0.25, 0.3) is 0 Å². The van der Waals surface area contributed by atoms with Gasteiger partial charge >= 0.3 is 0 Å². The highest BCUT2D eigenvalue weighted by molar-refractivity contribution is 7.92. The number of hydrogen-bond acceptors (Lipinski definition) is 4. The molecule has 236 valence electrons. The van der Waals surface area contributed by atoms with Crippen molar-refractivity contribution < 1.29 is 22.4 Å². The Kier molecular flexibility index (Phi) is 11.6. The zero-order valence-electron chi connectivity index (χ0n) is 24.9. The van der Waals surface area contributed by atoms with Crippen molar-refractivity contribution in [2.45, 2.75) is 37.8 Å². The molecule has 1 N–H and O–H groups in total. The van der Waals surface area contributed by atoms with Crippen LogP contribution in [-0.2, 0) is 32.6 Å². The van der Waals surface area contributed by atoms with E-state index >= 15 is 4.39 Å². The maximum atomic E-state index is 15.2. The second kappa shape index (κ2) is 15.4. The van der Waals surface area contributed by atoms with E-state index in [-0.39, 0.29) is 34.5 Å². The molecule has 0 unspecified atom stereocenters. The predicted molar refractivity (Wildman–Crippen MR) is 176 cm³/mol. The number of carbonyl (C=O) groups is 2. The van der Waals surface area contributed by atoms with Crippen LogP contribution in [0.4, 0.5) is 10.1 Å². The molecule has 4 rings (SSSR count). The lowest BCUT2D eigenvalue weighted by atomic mass is 10.0. The van der Waals surface area contributed by atoms with Gasteiger partial charge in [-0.2, -0.15) is 0 Å². The van der Waals surface area contributed by atoms with Crippen molar-refractivity contribution in [2.75, 3.05) is 17.4 Å². The number of anilines is 1. The third-order valence-electron chi connectivity index (χ3n) is 7.04. The average molecular weight is 671 g/mol. The van der Waals surface area contributed by atoms with Gasteiger partial charge < -0.3 is 10.2 Å². The van der Waals surface area contributed by atoms with Crippen molar-refractivity contribution in [3.63, 3.8) is 0 Å². The Morgan fingerprint density at radius 3 is 2.11 bits per heavy atom. The first-order chi connectivity index (χ1) is 21.5. The van der Waals surface area contributed by atoms with E-state index in [1.807, 2.05) is 44.2 Å². The first-order valence-electron chi connectivity index (χ1n) is 14.3. The zero-order valence-corrected chi connectivity index (χ0v) is 27.2. The van der Waals surface area contributed by atoms with Gasteiger partial charge in [0.25, 0.3) is 10.0 Å². The predicted octanol–water partition coefficient (Wildman–Crippen LogP) is 6.74. The number of para-hydroxylation sites is 1. The molecule has 0 heterocycles. The second-order valence-corrected chi connectivity index (χ2v) is 13.6. The first kappa shape index (κ1) is 34.0. The molecular weight excluding hydrogens is 636 g/mol. The number of sulfonamides is 1. The Morgan fingerprint density at radius 1 is 0.867 bits per heavy atom. The van der Waals surface area contributed by atoms with Crippen LogP contribution in [0.2, 0.25) is 10.0 Å². The third kappa shape index (κ3) is 8.84.